The number of halogens is 1. The van der Waals surface area contributed by atoms with Gasteiger partial charge in [0.05, 0.1) is 20.8 Å². The number of rotatable bonds is 8. The van der Waals surface area contributed by atoms with Gasteiger partial charge >= 0.3 is 0 Å². The van der Waals surface area contributed by atoms with Crippen LogP contribution in [-0.4, -0.2) is 27.4 Å². The summed E-state index contributed by atoms with van der Waals surface area (Å²) in [6.07, 6.45) is 0.647. The highest BCUT2D eigenvalue weighted by Crippen LogP contribution is 2.32. The average molecular weight is 319 g/mol. The van der Waals surface area contributed by atoms with Gasteiger partial charge in [0.25, 0.3) is 0 Å². The van der Waals surface area contributed by atoms with Crippen LogP contribution < -0.4 is 19.9 Å². The third kappa shape index (κ3) is 4.36. The van der Waals surface area contributed by atoms with E-state index in [2.05, 4.69) is 0 Å². The Bertz CT molecular complexity index is 633. The van der Waals surface area contributed by atoms with E-state index in [0.717, 1.165) is 17.1 Å². The van der Waals surface area contributed by atoms with E-state index in [1.807, 2.05) is 18.2 Å². The summed E-state index contributed by atoms with van der Waals surface area (Å²) in [6.45, 7) is 0.799. The second-order valence-corrected chi connectivity index (χ2v) is 5.11. The number of hydrogen-bond donors (Lipinski definition) is 1. The van der Waals surface area contributed by atoms with Crippen molar-refractivity contribution in [3.63, 3.8) is 0 Å². The van der Waals surface area contributed by atoms with Crippen molar-refractivity contribution in [2.24, 2.45) is 5.73 Å². The normalized spacial score (nSPS) is 11.8. The lowest BCUT2D eigenvalue weighted by Gasteiger charge is -2.19. The highest BCUT2D eigenvalue weighted by atomic mass is 19.1. The Morgan fingerprint density at radius 2 is 1.83 bits per heavy atom. The zero-order valence-corrected chi connectivity index (χ0v) is 13.4. The van der Waals surface area contributed by atoms with Crippen LogP contribution in [0.5, 0.6) is 17.2 Å². The molecule has 0 aliphatic heterocycles. The summed E-state index contributed by atoms with van der Waals surface area (Å²) in [5, 5.41) is 0. The number of ether oxygens (including phenoxy) is 3. The minimum atomic E-state index is -0.365. The van der Waals surface area contributed by atoms with E-state index in [0.29, 0.717) is 19.6 Å². The average Bonchev–Trinajstić information content (AvgIpc) is 2.59. The molecule has 2 aromatic carbocycles. The minimum Gasteiger partial charge on any atom is -0.497 e. The van der Waals surface area contributed by atoms with Gasteiger partial charge in [-0.05, 0) is 43.3 Å². The molecule has 4 nitrogen and oxygen atoms in total. The van der Waals surface area contributed by atoms with E-state index in [9.17, 15) is 4.39 Å². The highest BCUT2D eigenvalue weighted by Gasteiger charge is 2.16. The molecule has 0 aliphatic carbocycles. The fraction of sp³-hybridized carbons (Fsp3) is 0.333. The number of methoxy groups -OCH3 is 2. The van der Waals surface area contributed by atoms with Crippen LogP contribution >= 0.6 is 0 Å². The molecule has 23 heavy (non-hydrogen) atoms. The van der Waals surface area contributed by atoms with Gasteiger partial charge in [0.15, 0.2) is 11.6 Å². The Morgan fingerprint density at radius 3 is 2.48 bits per heavy atom. The summed E-state index contributed by atoms with van der Waals surface area (Å²) in [5.41, 5.74) is 6.87. The Balaban J connectivity index is 2.06. The lowest BCUT2D eigenvalue weighted by atomic mass is 9.95. The quantitative estimate of drug-likeness (QED) is 0.810. The molecule has 0 spiro atoms. The third-order valence-corrected chi connectivity index (χ3v) is 3.72. The van der Waals surface area contributed by atoms with Crippen LogP contribution in [0.3, 0.4) is 0 Å². The summed E-state index contributed by atoms with van der Waals surface area (Å²) in [6, 6.07) is 12.0. The Labute approximate surface area is 136 Å². The van der Waals surface area contributed by atoms with E-state index in [1.165, 1.54) is 6.07 Å². The van der Waals surface area contributed by atoms with Crippen molar-refractivity contribution in [2.75, 3.05) is 27.4 Å². The van der Waals surface area contributed by atoms with Crippen molar-refractivity contribution < 1.29 is 18.6 Å². The first-order chi connectivity index (χ1) is 11.2. The lowest BCUT2D eigenvalue weighted by molar-refractivity contribution is 0.283. The van der Waals surface area contributed by atoms with Crippen molar-refractivity contribution in [1.29, 1.82) is 0 Å². The SMILES string of the molecule is COc1ccc(OC)c(C(CN)CCOc2ccccc2F)c1. The molecule has 1 unspecified atom stereocenters. The zero-order chi connectivity index (χ0) is 16.7. The largest absolute Gasteiger partial charge is 0.497 e. The summed E-state index contributed by atoms with van der Waals surface area (Å²) in [5.74, 6) is 1.42. The molecular weight excluding hydrogens is 297 g/mol. The second-order valence-electron chi connectivity index (χ2n) is 5.11. The predicted octanol–water partition coefficient (Wildman–Crippen LogP) is 3.35. The van der Waals surface area contributed by atoms with Crippen molar-refractivity contribution in [1.82, 2.24) is 0 Å². The Morgan fingerprint density at radius 1 is 1.04 bits per heavy atom. The first-order valence-corrected chi connectivity index (χ1v) is 7.49. The molecule has 0 heterocycles. The van der Waals surface area contributed by atoms with Crippen molar-refractivity contribution in [2.45, 2.75) is 12.3 Å². The van der Waals surface area contributed by atoms with Crippen molar-refractivity contribution in [3.8, 4) is 17.2 Å². The van der Waals surface area contributed by atoms with Crippen LogP contribution in [-0.2, 0) is 0 Å². The molecular formula is C18H22FNO3. The maximum atomic E-state index is 13.6. The number of benzene rings is 2. The molecule has 5 heteroatoms. The summed E-state index contributed by atoms with van der Waals surface area (Å²) in [7, 11) is 3.24. The molecule has 2 N–H and O–H groups in total. The number of nitrogens with two attached hydrogens (primary N) is 1. The molecule has 0 amide bonds. The maximum absolute atomic E-state index is 13.6. The van der Waals surface area contributed by atoms with Crippen molar-refractivity contribution >= 4 is 0 Å². The zero-order valence-electron chi connectivity index (χ0n) is 13.4. The van der Waals surface area contributed by atoms with E-state index < -0.39 is 0 Å². The molecule has 0 bridgehead atoms. The van der Waals surface area contributed by atoms with Crippen molar-refractivity contribution in [3.05, 3.63) is 53.8 Å². The van der Waals surface area contributed by atoms with Gasteiger partial charge in [-0.1, -0.05) is 12.1 Å². The van der Waals surface area contributed by atoms with Gasteiger partial charge in [0.1, 0.15) is 11.5 Å². The van der Waals surface area contributed by atoms with E-state index in [1.54, 1.807) is 32.4 Å². The molecule has 0 saturated heterocycles. The van der Waals surface area contributed by atoms with Crippen LogP contribution in [0.25, 0.3) is 0 Å². The fourth-order valence-corrected chi connectivity index (χ4v) is 2.43. The summed E-state index contributed by atoms with van der Waals surface area (Å²) in [4.78, 5) is 0. The van der Waals surface area contributed by atoms with Gasteiger partial charge in [-0.15, -0.1) is 0 Å². The molecule has 124 valence electrons. The molecule has 1 atom stereocenters. The van der Waals surface area contributed by atoms with Gasteiger partial charge in [-0.25, -0.2) is 4.39 Å². The standard InChI is InChI=1S/C18H22FNO3/c1-21-14-7-8-17(22-2)15(11-14)13(12-20)9-10-23-18-6-4-3-5-16(18)19/h3-8,11,13H,9-10,12,20H2,1-2H3. The highest BCUT2D eigenvalue weighted by molar-refractivity contribution is 5.42. The monoisotopic (exact) mass is 319 g/mol. The van der Waals surface area contributed by atoms with Crippen LogP contribution in [0.2, 0.25) is 0 Å². The number of para-hydroxylation sites is 1. The first-order valence-electron chi connectivity index (χ1n) is 7.49. The molecule has 0 radical (unpaired) electrons. The van der Waals surface area contributed by atoms with Crippen LogP contribution in [0.1, 0.15) is 17.9 Å². The smallest absolute Gasteiger partial charge is 0.165 e. The molecule has 2 rings (SSSR count). The third-order valence-electron chi connectivity index (χ3n) is 3.72. The van der Waals surface area contributed by atoms with Crippen LogP contribution in [0.4, 0.5) is 4.39 Å². The topological polar surface area (TPSA) is 53.7 Å². The molecule has 2 aromatic rings. The van der Waals surface area contributed by atoms with Gasteiger partial charge in [-0.2, -0.15) is 0 Å². The van der Waals surface area contributed by atoms with Gasteiger partial charge < -0.3 is 19.9 Å². The summed E-state index contributed by atoms with van der Waals surface area (Å²) >= 11 is 0. The Hall–Kier alpha value is -2.27. The molecule has 0 aromatic heterocycles. The van der Waals surface area contributed by atoms with Gasteiger partial charge in [0.2, 0.25) is 0 Å². The lowest BCUT2D eigenvalue weighted by Crippen LogP contribution is -2.16. The minimum absolute atomic E-state index is 0.0341. The Kier molecular flexibility index (Phi) is 6.23. The maximum Gasteiger partial charge on any atom is 0.165 e. The van der Waals surface area contributed by atoms with Crippen LogP contribution in [0.15, 0.2) is 42.5 Å². The molecule has 0 aliphatic rings. The first kappa shape index (κ1) is 17.1. The fourth-order valence-electron chi connectivity index (χ4n) is 2.43. The molecule has 0 fully saturated rings. The van der Waals surface area contributed by atoms with Crippen LogP contribution in [0, 0.1) is 5.82 Å². The number of hydrogen-bond acceptors (Lipinski definition) is 4. The van der Waals surface area contributed by atoms with Gasteiger partial charge in [-0.3, -0.25) is 0 Å². The predicted molar refractivity (Wildman–Crippen MR) is 87.9 cm³/mol. The molecule has 0 saturated carbocycles. The van der Waals surface area contributed by atoms with E-state index in [4.69, 9.17) is 19.9 Å². The van der Waals surface area contributed by atoms with Gasteiger partial charge in [0, 0.05) is 11.5 Å². The van der Waals surface area contributed by atoms with E-state index in [-0.39, 0.29) is 17.5 Å². The van der Waals surface area contributed by atoms with E-state index >= 15 is 0 Å². The summed E-state index contributed by atoms with van der Waals surface area (Å²) < 4.78 is 29.7. The second kappa shape index (κ2) is 8.39.